The lowest BCUT2D eigenvalue weighted by atomic mass is 9.93. The molecule has 1 atom stereocenters. The predicted molar refractivity (Wildman–Crippen MR) is 82.6 cm³/mol. The topological polar surface area (TPSA) is 27.1 Å². The molecule has 108 valence electrons. The minimum absolute atomic E-state index is 0.109. The first kappa shape index (κ1) is 14.2. The highest BCUT2D eigenvalue weighted by Gasteiger charge is 2.31. The first-order chi connectivity index (χ1) is 9.52. The van der Waals surface area contributed by atoms with Crippen molar-refractivity contribution in [1.82, 2.24) is 9.55 Å². The van der Waals surface area contributed by atoms with Gasteiger partial charge in [-0.1, -0.05) is 17.7 Å². The molecule has 1 unspecified atom stereocenters. The molecule has 3 nitrogen and oxygen atoms in total. The number of hydrogen-bond donors (Lipinski definition) is 0. The number of para-hydroxylation sites is 1. The van der Waals surface area contributed by atoms with Crippen molar-refractivity contribution in [3.05, 3.63) is 29.0 Å². The fourth-order valence-electron chi connectivity index (χ4n) is 3.05. The van der Waals surface area contributed by atoms with Crippen LogP contribution in [-0.4, -0.2) is 21.8 Å². The molecule has 2 heterocycles. The molecule has 0 aliphatic carbocycles. The summed E-state index contributed by atoms with van der Waals surface area (Å²) < 4.78 is 8.06. The van der Waals surface area contributed by atoms with Crippen LogP contribution < -0.4 is 0 Å². The summed E-state index contributed by atoms with van der Waals surface area (Å²) in [5.41, 5.74) is 1.80. The number of halogens is 2. The van der Waals surface area contributed by atoms with Crippen molar-refractivity contribution in [2.75, 3.05) is 6.61 Å². The number of ether oxygens (including phenoxy) is 1. The molecule has 0 N–H and O–H groups in total. The van der Waals surface area contributed by atoms with Gasteiger partial charge in [-0.05, 0) is 38.8 Å². The standard InChI is InChI=1S/C15H18Cl2N2O/c1-15(2)8-10(6-7-20-15)19-12-5-3-4-11(17)14(12)18-13(19)9-16/h3-5,10H,6-9H2,1-2H3. The molecule has 1 aliphatic rings. The van der Waals surface area contributed by atoms with E-state index in [0.717, 1.165) is 36.3 Å². The minimum Gasteiger partial charge on any atom is -0.375 e. The number of benzene rings is 1. The van der Waals surface area contributed by atoms with Gasteiger partial charge in [-0.25, -0.2) is 4.98 Å². The number of aromatic nitrogens is 2. The second kappa shape index (κ2) is 5.21. The lowest BCUT2D eigenvalue weighted by Crippen LogP contribution is -2.35. The summed E-state index contributed by atoms with van der Waals surface area (Å²) in [6, 6.07) is 6.25. The molecule has 20 heavy (non-hydrogen) atoms. The molecule has 1 aromatic heterocycles. The third-order valence-corrected chi connectivity index (χ3v) is 4.44. The molecular weight excluding hydrogens is 295 g/mol. The van der Waals surface area contributed by atoms with Gasteiger partial charge in [0.1, 0.15) is 11.3 Å². The smallest absolute Gasteiger partial charge is 0.125 e. The van der Waals surface area contributed by atoms with Crippen LogP contribution in [-0.2, 0) is 10.6 Å². The molecule has 5 heteroatoms. The van der Waals surface area contributed by atoms with E-state index in [0.29, 0.717) is 16.9 Å². The second-order valence-electron chi connectivity index (χ2n) is 5.89. The largest absolute Gasteiger partial charge is 0.375 e. The first-order valence-corrected chi connectivity index (χ1v) is 7.78. The zero-order chi connectivity index (χ0) is 14.3. The van der Waals surface area contributed by atoms with E-state index in [1.165, 1.54) is 0 Å². The van der Waals surface area contributed by atoms with Crippen LogP contribution in [0.5, 0.6) is 0 Å². The monoisotopic (exact) mass is 312 g/mol. The van der Waals surface area contributed by atoms with E-state index < -0.39 is 0 Å². The van der Waals surface area contributed by atoms with Gasteiger partial charge in [0, 0.05) is 12.6 Å². The van der Waals surface area contributed by atoms with Crippen LogP contribution in [0.1, 0.15) is 38.6 Å². The van der Waals surface area contributed by atoms with Crippen molar-refractivity contribution in [2.45, 2.75) is 44.2 Å². The van der Waals surface area contributed by atoms with E-state index in [1.54, 1.807) is 0 Å². The Kier molecular flexibility index (Phi) is 3.69. The molecule has 0 spiro atoms. The molecule has 0 radical (unpaired) electrons. The lowest BCUT2D eigenvalue weighted by Gasteiger charge is -2.36. The van der Waals surface area contributed by atoms with Crippen molar-refractivity contribution in [1.29, 1.82) is 0 Å². The van der Waals surface area contributed by atoms with Gasteiger partial charge in [0.05, 0.1) is 22.0 Å². The first-order valence-electron chi connectivity index (χ1n) is 6.87. The Labute approximate surface area is 128 Å². The third-order valence-electron chi connectivity index (χ3n) is 3.90. The Hall–Kier alpha value is -0.770. The summed E-state index contributed by atoms with van der Waals surface area (Å²) in [6.45, 7) is 5.02. The van der Waals surface area contributed by atoms with Crippen molar-refractivity contribution in [3.8, 4) is 0 Å². The zero-order valence-corrected chi connectivity index (χ0v) is 13.2. The predicted octanol–water partition coefficient (Wildman–Crippen LogP) is 4.56. The zero-order valence-electron chi connectivity index (χ0n) is 11.7. The Bertz CT molecular complexity index is 636. The third kappa shape index (κ3) is 2.43. The highest BCUT2D eigenvalue weighted by atomic mass is 35.5. The Morgan fingerprint density at radius 1 is 1.45 bits per heavy atom. The van der Waals surface area contributed by atoms with E-state index in [-0.39, 0.29) is 5.60 Å². The molecule has 1 aliphatic heterocycles. The number of rotatable bonds is 2. The van der Waals surface area contributed by atoms with Crippen LogP contribution in [0.3, 0.4) is 0 Å². The highest BCUT2D eigenvalue weighted by Crippen LogP contribution is 2.36. The summed E-state index contributed by atoms with van der Waals surface area (Å²) >= 11 is 12.3. The Balaban J connectivity index is 2.12. The van der Waals surface area contributed by atoms with Gasteiger partial charge in [0.25, 0.3) is 0 Å². The van der Waals surface area contributed by atoms with Gasteiger partial charge in [-0.15, -0.1) is 11.6 Å². The van der Waals surface area contributed by atoms with Crippen molar-refractivity contribution < 1.29 is 4.74 Å². The number of fused-ring (bicyclic) bond motifs is 1. The van der Waals surface area contributed by atoms with Gasteiger partial charge in [0.15, 0.2) is 0 Å². The average Bonchev–Trinajstić information content (AvgIpc) is 2.77. The maximum absolute atomic E-state index is 6.25. The van der Waals surface area contributed by atoms with Gasteiger partial charge < -0.3 is 9.30 Å². The van der Waals surface area contributed by atoms with Crippen molar-refractivity contribution in [3.63, 3.8) is 0 Å². The van der Waals surface area contributed by atoms with E-state index in [2.05, 4.69) is 29.5 Å². The van der Waals surface area contributed by atoms with Gasteiger partial charge >= 0.3 is 0 Å². The molecule has 2 aromatic rings. The fourth-order valence-corrected chi connectivity index (χ4v) is 3.45. The number of nitrogens with zero attached hydrogens (tertiary/aromatic N) is 2. The van der Waals surface area contributed by atoms with Crippen molar-refractivity contribution >= 4 is 34.2 Å². The van der Waals surface area contributed by atoms with E-state index in [4.69, 9.17) is 27.9 Å². The summed E-state index contributed by atoms with van der Waals surface area (Å²) in [7, 11) is 0. The summed E-state index contributed by atoms with van der Waals surface area (Å²) in [5.74, 6) is 1.28. The molecule has 1 aromatic carbocycles. The molecule has 0 amide bonds. The number of imidazole rings is 1. The van der Waals surface area contributed by atoms with Crippen molar-refractivity contribution in [2.24, 2.45) is 0 Å². The minimum atomic E-state index is -0.109. The quantitative estimate of drug-likeness (QED) is 0.760. The van der Waals surface area contributed by atoms with E-state index >= 15 is 0 Å². The van der Waals surface area contributed by atoms with Crippen LogP contribution in [0.4, 0.5) is 0 Å². The maximum Gasteiger partial charge on any atom is 0.125 e. The van der Waals surface area contributed by atoms with E-state index in [1.807, 2.05) is 12.1 Å². The number of hydrogen-bond acceptors (Lipinski definition) is 2. The molecule has 3 rings (SSSR count). The summed E-state index contributed by atoms with van der Waals surface area (Å²) in [6.07, 6.45) is 1.93. The Morgan fingerprint density at radius 3 is 2.95 bits per heavy atom. The molecular formula is C15H18Cl2N2O. The average molecular weight is 313 g/mol. The Morgan fingerprint density at radius 2 is 2.25 bits per heavy atom. The summed E-state index contributed by atoms with van der Waals surface area (Å²) in [4.78, 5) is 4.61. The van der Waals surface area contributed by atoms with Gasteiger partial charge in [-0.3, -0.25) is 0 Å². The second-order valence-corrected chi connectivity index (χ2v) is 6.57. The molecule has 0 saturated carbocycles. The normalized spacial score (nSPS) is 22.3. The lowest BCUT2D eigenvalue weighted by molar-refractivity contribution is -0.0687. The fraction of sp³-hybridized carbons (Fsp3) is 0.533. The molecule has 1 fully saturated rings. The van der Waals surface area contributed by atoms with Crippen LogP contribution in [0.25, 0.3) is 11.0 Å². The highest BCUT2D eigenvalue weighted by molar-refractivity contribution is 6.35. The molecule has 1 saturated heterocycles. The molecule has 0 bridgehead atoms. The van der Waals surface area contributed by atoms with Crippen LogP contribution in [0.15, 0.2) is 18.2 Å². The summed E-state index contributed by atoms with van der Waals surface area (Å²) in [5, 5.41) is 0.680. The van der Waals surface area contributed by atoms with Crippen LogP contribution >= 0.6 is 23.2 Å². The van der Waals surface area contributed by atoms with Crippen LogP contribution in [0.2, 0.25) is 5.02 Å². The van der Waals surface area contributed by atoms with Gasteiger partial charge in [0.2, 0.25) is 0 Å². The van der Waals surface area contributed by atoms with E-state index in [9.17, 15) is 0 Å². The SMILES string of the molecule is CC1(C)CC(n2c(CCl)nc3c(Cl)cccc32)CCO1. The maximum atomic E-state index is 6.25. The van der Waals surface area contributed by atoms with Gasteiger partial charge in [-0.2, -0.15) is 0 Å². The number of alkyl halides is 1. The van der Waals surface area contributed by atoms with Crippen LogP contribution in [0, 0.1) is 0 Å².